The minimum atomic E-state index is -0.552. The second kappa shape index (κ2) is 7.04. The van der Waals surface area contributed by atoms with E-state index < -0.39 is 17.2 Å². The van der Waals surface area contributed by atoms with Crippen LogP contribution in [0.2, 0.25) is 0 Å². The van der Waals surface area contributed by atoms with Gasteiger partial charge in [-0.1, -0.05) is 36.8 Å². The van der Waals surface area contributed by atoms with Gasteiger partial charge in [-0.2, -0.15) is 5.26 Å². The van der Waals surface area contributed by atoms with E-state index in [1.54, 1.807) is 19.1 Å². The molecule has 7 nitrogen and oxygen atoms in total. The largest absolute Gasteiger partial charge is 0.462 e. The summed E-state index contributed by atoms with van der Waals surface area (Å²) in [6, 6.07) is 11.0. The van der Waals surface area contributed by atoms with Crippen molar-refractivity contribution in [3.8, 4) is 17.2 Å². The zero-order valence-corrected chi connectivity index (χ0v) is 15.7. The SMILES string of the molecule is CCOC(=O)c1c(-c2ccccc2)c(C#N)c(=O)n2c1NC1(CCCCC1)N2. The number of anilines is 1. The predicted molar refractivity (Wildman–Crippen MR) is 106 cm³/mol. The molecule has 0 atom stereocenters. The number of esters is 1. The summed E-state index contributed by atoms with van der Waals surface area (Å²) in [4.78, 5) is 26.1. The first-order chi connectivity index (χ1) is 13.6. The summed E-state index contributed by atoms with van der Waals surface area (Å²) in [7, 11) is 0. The molecule has 0 amide bonds. The Morgan fingerprint density at radius 1 is 1.25 bits per heavy atom. The van der Waals surface area contributed by atoms with Crippen molar-refractivity contribution in [3.63, 3.8) is 0 Å². The number of ether oxygens (including phenoxy) is 1. The molecule has 1 fully saturated rings. The third-order valence-corrected chi connectivity index (χ3v) is 5.42. The number of rotatable bonds is 3. The van der Waals surface area contributed by atoms with Crippen LogP contribution >= 0.6 is 0 Å². The molecule has 1 aromatic carbocycles. The van der Waals surface area contributed by atoms with Gasteiger partial charge in [0.05, 0.1) is 6.61 Å². The molecule has 1 saturated carbocycles. The number of carbonyl (C=O) groups excluding carboxylic acids is 1. The van der Waals surface area contributed by atoms with E-state index in [-0.39, 0.29) is 17.7 Å². The lowest BCUT2D eigenvalue weighted by molar-refractivity contribution is 0.0528. The van der Waals surface area contributed by atoms with Crippen molar-refractivity contribution < 1.29 is 9.53 Å². The molecule has 0 bridgehead atoms. The van der Waals surface area contributed by atoms with Crippen molar-refractivity contribution in [1.82, 2.24) is 4.68 Å². The third kappa shape index (κ3) is 2.82. The third-order valence-electron chi connectivity index (χ3n) is 5.42. The van der Waals surface area contributed by atoms with E-state index in [1.165, 1.54) is 4.68 Å². The molecule has 2 aliphatic rings. The van der Waals surface area contributed by atoms with E-state index in [4.69, 9.17) is 4.74 Å². The van der Waals surface area contributed by atoms with Gasteiger partial charge in [-0.25, -0.2) is 9.47 Å². The van der Waals surface area contributed by atoms with E-state index in [9.17, 15) is 14.9 Å². The number of carbonyl (C=O) groups is 1. The molecule has 1 spiro atoms. The van der Waals surface area contributed by atoms with Crippen LogP contribution in [0.25, 0.3) is 11.1 Å². The number of nitrogens with zero attached hydrogens (tertiary/aromatic N) is 2. The summed E-state index contributed by atoms with van der Waals surface area (Å²) in [6.45, 7) is 1.93. The first-order valence-electron chi connectivity index (χ1n) is 9.62. The average Bonchev–Trinajstić information content (AvgIpc) is 3.07. The molecule has 2 aromatic rings. The number of benzene rings is 1. The van der Waals surface area contributed by atoms with Gasteiger partial charge >= 0.3 is 5.97 Å². The molecule has 2 N–H and O–H groups in total. The Labute approximate surface area is 162 Å². The maximum Gasteiger partial charge on any atom is 0.342 e. The summed E-state index contributed by atoms with van der Waals surface area (Å²) in [5.74, 6) is -0.174. The Balaban J connectivity index is 2.00. The zero-order valence-electron chi connectivity index (χ0n) is 15.7. The van der Waals surface area contributed by atoms with Gasteiger partial charge in [-0.05, 0) is 38.2 Å². The molecule has 0 radical (unpaired) electrons. The number of pyridine rings is 1. The summed E-state index contributed by atoms with van der Waals surface area (Å²) in [6.07, 6.45) is 4.85. The Hall–Kier alpha value is -3.27. The maximum atomic E-state index is 13.1. The van der Waals surface area contributed by atoms with Crippen LogP contribution in [0.3, 0.4) is 0 Å². The Morgan fingerprint density at radius 2 is 1.96 bits per heavy atom. The van der Waals surface area contributed by atoms with E-state index in [0.717, 1.165) is 32.1 Å². The molecule has 0 unspecified atom stereocenters. The summed E-state index contributed by atoms with van der Waals surface area (Å²) >= 11 is 0. The number of nitrogens with one attached hydrogen (secondary N) is 2. The van der Waals surface area contributed by atoms with Crippen molar-refractivity contribution in [2.45, 2.75) is 44.7 Å². The predicted octanol–water partition coefficient (Wildman–Crippen LogP) is 3.19. The van der Waals surface area contributed by atoms with Gasteiger partial charge < -0.3 is 10.1 Å². The van der Waals surface area contributed by atoms with Crippen molar-refractivity contribution in [2.75, 3.05) is 17.3 Å². The summed E-state index contributed by atoms with van der Waals surface area (Å²) < 4.78 is 6.62. The number of fused-ring (bicyclic) bond motifs is 1. The quantitative estimate of drug-likeness (QED) is 0.797. The van der Waals surface area contributed by atoms with Crippen molar-refractivity contribution in [2.24, 2.45) is 0 Å². The molecular formula is C21H22N4O3. The average molecular weight is 378 g/mol. The second-order valence-electron chi connectivity index (χ2n) is 7.19. The monoisotopic (exact) mass is 378 g/mol. The minimum Gasteiger partial charge on any atom is -0.462 e. The normalized spacial score (nSPS) is 16.6. The minimum absolute atomic E-state index is 0.0693. The second-order valence-corrected chi connectivity index (χ2v) is 7.19. The fourth-order valence-corrected chi connectivity index (χ4v) is 4.16. The Morgan fingerprint density at radius 3 is 2.61 bits per heavy atom. The lowest BCUT2D eigenvalue weighted by Crippen LogP contribution is -2.46. The highest BCUT2D eigenvalue weighted by Gasteiger charge is 2.42. The molecule has 1 aliphatic heterocycles. The van der Waals surface area contributed by atoms with Crippen LogP contribution < -0.4 is 16.3 Å². The van der Waals surface area contributed by atoms with Gasteiger partial charge in [0.25, 0.3) is 5.56 Å². The van der Waals surface area contributed by atoms with E-state index in [2.05, 4.69) is 10.7 Å². The maximum absolute atomic E-state index is 13.1. The molecule has 4 rings (SSSR count). The number of hydrogen-bond acceptors (Lipinski definition) is 6. The fraction of sp³-hybridized carbons (Fsp3) is 0.381. The van der Waals surface area contributed by atoms with E-state index in [1.807, 2.05) is 24.3 Å². The van der Waals surface area contributed by atoms with Crippen molar-refractivity contribution >= 4 is 11.8 Å². The van der Waals surface area contributed by atoms with Gasteiger partial charge in [-0.15, -0.1) is 0 Å². The lowest BCUT2D eigenvalue weighted by Gasteiger charge is -2.33. The number of nitriles is 1. The summed E-state index contributed by atoms with van der Waals surface area (Å²) in [5.41, 5.74) is 3.41. The molecule has 2 heterocycles. The van der Waals surface area contributed by atoms with Gasteiger partial charge in [-0.3, -0.25) is 10.2 Å². The highest BCUT2D eigenvalue weighted by molar-refractivity contribution is 6.04. The number of aromatic nitrogens is 1. The molecule has 28 heavy (non-hydrogen) atoms. The number of hydrogen-bond donors (Lipinski definition) is 2. The zero-order chi connectivity index (χ0) is 19.7. The van der Waals surface area contributed by atoms with Crippen LogP contribution in [-0.4, -0.2) is 22.9 Å². The molecule has 144 valence electrons. The molecule has 0 saturated heterocycles. The van der Waals surface area contributed by atoms with Gasteiger partial charge in [0.2, 0.25) is 0 Å². The topological polar surface area (TPSA) is 96.2 Å². The van der Waals surface area contributed by atoms with Crippen molar-refractivity contribution in [3.05, 3.63) is 51.8 Å². The van der Waals surface area contributed by atoms with Gasteiger partial charge in [0.15, 0.2) is 0 Å². The Kier molecular flexibility index (Phi) is 4.55. The smallest absolute Gasteiger partial charge is 0.342 e. The van der Waals surface area contributed by atoms with Gasteiger partial charge in [0, 0.05) is 5.56 Å². The molecule has 1 aliphatic carbocycles. The van der Waals surface area contributed by atoms with Crippen LogP contribution in [-0.2, 0) is 4.74 Å². The van der Waals surface area contributed by atoms with Crippen LogP contribution in [0.4, 0.5) is 5.82 Å². The summed E-state index contributed by atoms with van der Waals surface area (Å²) in [5, 5.41) is 13.2. The highest BCUT2D eigenvalue weighted by atomic mass is 16.5. The van der Waals surface area contributed by atoms with Gasteiger partial charge in [0.1, 0.15) is 28.7 Å². The van der Waals surface area contributed by atoms with Crippen LogP contribution in [0, 0.1) is 11.3 Å². The first kappa shape index (κ1) is 18.1. The molecular weight excluding hydrogens is 356 g/mol. The van der Waals surface area contributed by atoms with E-state index in [0.29, 0.717) is 16.9 Å². The lowest BCUT2D eigenvalue weighted by atomic mass is 9.89. The fourth-order valence-electron chi connectivity index (χ4n) is 4.16. The van der Waals surface area contributed by atoms with Crippen molar-refractivity contribution in [1.29, 1.82) is 5.26 Å². The molecule has 1 aromatic heterocycles. The Bertz CT molecular complexity index is 1010. The van der Waals surface area contributed by atoms with Crippen LogP contribution in [0.15, 0.2) is 35.1 Å². The molecule has 7 heteroatoms. The van der Waals surface area contributed by atoms with E-state index >= 15 is 0 Å². The van der Waals surface area contributed by atoms with Crippen LogP contribution in [0.5, 0.6) is 0 Å². The van der Waals surface area contributed by atoms with Crippen LogP contribution in [0.1, 0.15) is 54.9 Å². The standard InChI is InChI=1S/C21H22N4O3/c1-2-28-20(27)17-16(14-9-5-3-6-10-14)15(13-22)19(26)25-18(17)23-21(24-25)11-7-4-8-12-21/h3,5-6,9-10,23-24H,2,4,7-8,11-12H2,1H3. The highest BCUT2D eigenvalue weighted by Crippen LogP contribution is 2.39. The first-order valence-corrected chi connectivity index (χ1v) is 9.62.